The number of rotatable bonds is 2. The summed E-state index contributed by atoms with van der Waals surface area (Å²) in [4.78, 5) is 10.2. The lowest BCUT2D eigenvalue weighted by Crippen LogP contribution is -1.84. The molecule has 0 aliphatic carbocycles. The van der Waals surface area contributed by atoms with Gasteiger partial charge >= 0.3 is 0 Å². The fourth-order valence-electron chi connectivity index (χ4n) is 0.819. The summed E-state index contributed by atoms with van der Waals surface area (Å²) in [7, 11) is 1.55. The van der Waals surface area contributed by atoms with Crippen molar-refractivity contribution in [1.29, 1.82) is 0 Å². The van der Waals surface area contributed by atoms with E-state index in [9.17, 15) is 4.79 Å². The Balaban J connectivity index is 3.10. The lowest BCUT2D eigenvalue weighted by molar-refractivity contribution is 0.414. The second-order valence-electron chi connectivity index (χ2n) is 2.15. The Morgan fingerprint density at radius 1 is 1.58 bits per heavy atom. The van der Waals surface area contributed by atoms with Crippen molar-refractivity contribution >= 4 is 22.6 Å². The van der Waals surface area contributed by atoms with Gasteiger partial charge in [-0.25, -0.2) is 4.79 Å². The molecule has 0 atom stereocenters. The van der Waals surface area contributed by atoms with E-state index in [0.717, 1.165) is 0 Å². The van der Waals surface area contributed by atoms with Crippen LogP contribution in [-0.2, 0) is 4.79 Å². The maximum absolute atomic E-state index is 10.2. The number of carbonyl (C=O) groups excluding carboxylic acids is 1. The Morgan fingerprint density at radius 2 is 2.33 bits per heavy atom. The van der Waals surface area contributed by atoms with Gasteiger partial charge in [0.15, 0.2) is 0 Å². The van der Waals surface area contributed by atoms with E-state index in [1.165, 1.54) is 0 Å². The van der Waals surface area contributed by atoms with Crippen LogP contribution in [0.5, 0.6) is 5.75 Å². The van der Waals surface area contributed by atoms with Crippen LogP contribution in [0, 0.1) is 0 Å². The molecule has 2 nitrogen and oxygen atoms in total. The fourth-order valence-corrected chi connectivity index (χ4v) is 0.936. The minimum atomic E-state index is 0.0638. The van der Waals surface area contributed by atoms with Gasteiger partial charge in [-0.3, -0.25) is 0 Å². The number of hydrogen-bond acceptors (Lipinski definition) is 2. The topological polar surface area (TPSA) is 26.3 Å². The number of ether oxygens (including phenoxy) is 1. The van der Waals surface area contributed by atoms with Gasteiger partial charge in [-0.05, 0) is 12.1 Å². The minimum absolute atomic E-state index is 0.0638. The first-order valence-electron chi connectivity index (χ1n) is 3.33. The van der Waals surface area contributed by atoms with E-state index in [4.69, 9.17) is 16.3 Å². The first-order valence-corrected chi connectivity index (χ1v) is 3.70. The smallest absolute Gasteiger partial charge is 0.145 e. The lowest BCUT2D eigenvalue weighted by Gasteiger charge is -2.00. The van der Waals surface area contributed by atoms with Crippen molar-refractivity contribution in [2.45, 2.75) is 0 Å². The monoisotopic (exact) mass is 182 g/mol. The van der Waals surface area contributed by atoms with Gasteiger partial charge in [0.1, 0.15) is 16.7 Å². The van der Waals surface area contributed by atoms with Crippen molar-refractivity contribution in [2.75, 3.05) is 7.11 Å². The van der Waals surface area contributed by atoms with E-state index in [1.54, 1.807) is 37.3 Å². The molecule has 0 aliphatic heterocycles. The zero-order valence-corrected chi connectivity index (χ0v) is 7.26. The molecule has 1 rings (SSSR count). The number of benzene rings is 1. The quantitative estimate of drug-likeness (QED) is 0.655. The first kappa shape index (κ1) is 8.85. The van der Waals surface area contributed by atoms with Gasteiger partial charge in [0.05, 0.1) is 7.11 Å². The summed E-state index contributed by atoms with van der Waals surface area (Å²) in [5.41, 5.74) is 0.617. The third kappa shape index (κ3) is 1.88. The van der Waals surface area contributed by atoms with Crippen LogP contribution >= 0.6 is 11.6 Å². The largest absolute Gasteiger partial charge is 0.497 e. The standard InChI is InChI=1S/C9H7ClO2/c1-12-8-4-2-3-7(5-8)9(10)6-11/h2-5H,1H3. The third-order valence-corrected chi connectivity index (χ3v) is 1.71. The summed E-state index contributed by atoms with van der Waals surface area (Å²) in [6, 6.07) is 6.93. The van der Waals surface area contributed by atoms with Crippen LogP contribution in [0.1, 0.15) is 5.56 Å². The number of halogens is 1. The molecule has 0 fully saturated rings. The van der Waals surface area contributed by atoms with Gasteiger partial charge in [0.2, 0.25) is 0 Å². The average molecular weight is 183 g/mol. The van der Waals surface area contributed by atoms with Crippen LogP contribution in [0.4, 0.5) is 0 Å². The first-order chi connectivity index (χ1) is 5.77. The summed E-state index contributed by atoms with van der Waals surface area (Å²) in [5, 5.41) is 0.0638. The highest BCUT2D eigenvalue weighted by Crippen LogP contribution is 2.20. The molecule has 0 spiro atoms. The Kier molecular flexibility index (Phi) is 2.92. The molecule has 0 saturated heterocycles. The lowest BCUT2D eigenvalue weighted by atomic mass is 10.2. The summed E-state index contributed by atoms with van der Waals surface area (Å²) in [6.07, 6.45) is 0. The van der Waals surface area contributed by atoms with E-state index in [0.29, 0.717) is 11.3 Å². The van der Waals surface area contributed by atoms with Crippen molar-refractivity contribution < 1.29 is 9.53 Å². The van der Waals surface area contributed by atoms with Crippen molar-refractivity contribution in [1.82, 2.24) is 0 Å². The van der Waals surface area contributed by atoms with Gasteiger partial charge < -0.3 is 4.74 Å². The van der Waals surface area contributed by atoms with E-state index < -0.39 is 0 Å². The summed E-state index contributed by atoms with van der Waals surface area (Å²) >= 11 is 5.56. The molecule has 0 aliphatic rings. The second kappa shape index (κ2) is 3.96. The Hall–Kier alpha value is -1.24. The van der Waals surface area contributed by atoms with Gasteiger partial charge in [-0.1, -0.05) is 23.7 Å². The second-order valence-corrected chi connectivity index (χ2v) is 2.53. The Labute approximate surface area is 75.4 Å². The molecule has 1 aromatic rings. The molecule has 1 aromatic carbocycles. The van der Waals surface area contributed by atoms with E-state index in [1.807, 2.05) is 0 Å². The molecule has 62 valence electrons. The van der Waals surface area contributed by atoms with Crippen LogP contribution in [0.3, 0.4) is 0 Å². The molecule has 0 saturated carbocycles. The molecule has 0 radical (unpaired) electrons. The highest BCUT2D eigenvalue weighted by atomic mass is 35.5. The predicted octanol–water partition coefficient (Wildman–Crippen LogP) is 2.11. The van der Waals surface area contributed by atoms with Crippen LogP contribution < -0.4 is 4.74 Å². The van der Waals surface area contributed by atoms with Crippen LogP contribution in [0.15, 0.2) is 24.3 Å². The van der Waals surface area contributed by atoms with Crippen LogP contribution in [-0.4, -0.2) is 13.1 Å². The molecule has 12 heavy (non-hydrogen) atoms. The Bertz CT molecular complexity index is 327. The van der Waals surface area contributed by atoms with Gasteiger partial charge in [0.25, 0.3) is 0 Å². The van der Waals surface area contributed by atoms with Crippen molar-refractivity contribution in [3.8, 4) is 5.75 Å². The fraction of sp³-hybridized carbons (Fsp3) is 0.111. The summed E-state index contributed by atoms with van der Waals surface area (Å²) in [5.74, 6) is 2.28. The normalized spacial score (nSPS) is 8.83. The van der Waals surface area contributed by atoms with Crippen molar-refractivity contribution in [3.63, 3.8) is 0 Å². The summed E-state index contributed by atoms with van der Waals surface area (Å²) in [6.45, 7) is 0. The van der Waals surface area contributed by atoms with Gasteiger partial charge in [0, 0.05) is 5.56 Å². The van der Waals surface area contributed by atoms with E-state index in [2.05, 4.69) is 0 Å². The predicted molar refractivity (Wildman–Crippen MR) is 47.9 cm³/mol. The highest BCUT2D eigenvalue weighted by molar-refractivity contribution is 6.53. The molecule has 0 heterocycles. The zero-order valence-electron chi connectivity index (χ0n) is 6.50. The number of hydrogen-bond donors (Lipinski definition) is 0. The molecule has 0 N–H and O–H groups in total. The molecule has 3 heteroatoms. The molecule has 0 aromatic heterocycles. The summed E-state index contributed by atoms with van der Waals surface area (Å²) < 4.78 is 4.95. The molecule has 0 amide bonds. The van der Waals surface area contributed by atoms with E-state index >= 15 is 0 Å². The van der Waals surface area contributed by atoms with Crippen LogP contribution in [0.2, 0.25) is 0 Å². The molecule has 0 unspecified atom stereocenters. The molecular formula is C9H7ClO2. The van der Waals surface area contributed by atoms with Crippen LogP contribution in [0.25, 0.3) is 5.03 Å². The number of methoxy groups -OCH3 is 1. The maximum atomic E-state index is 10.2. The highest BCUT2D eigenvalue weighted by Gasteiger charge is 1.99. The van der Waals surface area contributed by atoms with Gasteiger partial charge in [-0.15, -0.1) is 0 Å². The minimum Gasteiger partial charge on any atom is -0.497 e. The third-order valence-electron chi connectivity index (χ3n) is 1.41. The van der Waals surface area contributed by atoms with E-state index in [-0.39, 0.29) is 5.03 Å². The van der Waals surface area contributed by atoms with Crippen molar-refractivity contribution in [3.05, 3.63) is 29.8 Å². The Morgan fingerprint density at radius 3 is 2.92 bits per heavy atom. The van der Waals surface area contributed by atoms with Gasteiger partial charge in [-0.2, -0.15) is 0 Å². The molecular weight excluding hydrogens is 176 g/mol. The zero-order chi connectivity index (χ0) is 8.97. The SMILES string of the molecule is COc1cccc(C(Cl)=C=O)c1. The average Bonchev–Trinajstić information content (AvgIpc) is 2.17. The maximum Gasteiger partial charge on any atom is 0.145 e. The molecule has 0 bridgehead atoms. The van der Waals surface area contributed by atoms with Crippen molar-refractivity contribution in [2.24, 2.45) is 0 Å².